The van der Waals surface area contributed by atoms with E-state index in [1.807, 2.05) is 49.4 Å². The number of nitrogens with one attached hydrogen (secondary N) is 1. The van der Waals surface area contributed by atoms with E-state index in [1.165, 1.54) is 5.56 Å². The molecular weight excluding hydrogens is 378 g/mol. The van der Waals surface area contributed by atoms with Gasteiger partial charge in [0.25, 0.3) is 5.56 Å². The molecule has 1 amide bonds. The van der Waals surface area contributed by atoms with Crippen LogP contribution in [-0.4, -0.2) is 33.9 Å². The quantitative estimate of drug-likeness (QED) is 0.687. The molecule has 0 saturated carbocycles. The molecule has 0 radical (unpaired) electrons. The van der Waals surface area contributed by atoms with Gasteiger partial charge in [-0.1, -0.05) is 60.2 Å². The van der Waals surface area contributed by atoms with Crippen molar-refractivity contribution in [1.29, 1.82) is 0 Å². The van der Waals surface area contributed by atoms with E-state index in [0.717, 1.165) is 16.8 Å². The van der Waals surface area contributed by atoms with Crippen LogP contribution in [0.2, 0.25) is 0 Å². The molecule has 1 aromatic heterocycles. The predicted molar refractivity (Wildman–Crippen MR) is 114 cm³/mol. The van der Waals surface area contributed by atoms with Crippen LogP contribution < -0.4 is 5.56 Å². The molecule has 2 aromatic carbocycles. The number of hydrogen-bond acceptors (Lipinski definition) is 4. The Labute approximate surface area is 175 Å². The van der Waals surface area contributed by atoms with E-state index in [0.29, 0.717) is 37.4 Å². The highest BCUT2D eigenvalue weighted by Gasteiger charge is 2.24. The second-order valence-corrected chi connectivity index (χ2v) is 7.64. The SMILES string of the molecule is Cc1ccc(Cc2nc3c(c(=O)[nH]2)CN(C(=O)COCc2ccccc2)CC3)cc1. The Morgan fingerprint density at radius 3 is 2.63 bits per heavy atom. The number of fused-ring (bicyclic) bond motifs is 1. The van der Waals surface area contributed by atoms with Crippen molar-refractivity contribution in [3.8, 4) is 0 Å². The number of aromatic amines is 1. The predicted octanol–water partition coefficient (Wildman–Crippen LogP) is 2.77. The summed E-state index contributed by atoms with van der Waals surface area (Å²) < 4.78 is 5.55. The zero-order chi connectivity index (χ0) is 20.9. The lowest BCUT2D eigenvalue weighted by Crippen LogP contribution is -2.41. The maximum absolute atomic E-state index is 12.6. The minimum atomic E-state index is -0.162. The van der Waals surface area contributed by atoms with Gasteiger partial charge in [-0.25, -0.2) is 4.98 Å². The summed E-state index contributed by atoms with van der Waals surface area (Å²) in [6.07, 6.45) is 1.16. The smallest absolute Gasteiger partial charge is 0.256 e. The van der Waals surface area contributed by atoms with Gasteiger partial charge in [-0.2, -0.15) is 0 Å². The van der Waals surface area contributed by atoms with Gasteiger partial charge in [-0.15, -0.1) is 0 Å². The van der Waals surface area contributed by atoms with E-state index in [-0.39, 0.29) is 24.6 Å². The summed E-state index contributed by atoms with van der Waals surface area (Å²) in [6, 6.07) is 17.9. The normalized spacial score (nSPS) is 13.2. The molecule has 1 aliphatic heterocycles. The van der Waals surface area contributed by atoms with E-state index in [2.05, 4.69) is 22.1 Å². The fraction of sp³-hybridized carbons (Fsp3) is 0.292. The lowest BCUT2D eigenvalue weighted by Gasteiger charge is -2.27. The summed E-state index contributed by atoms with van der Waals surface area (Å²) in [5.74, 6) is 0.549. The molecule has 2 heterocycles. The van der Waals surface area contributed by atoms with Gasteiger partial charge < -0.3 is 14.6 Å². The van der Waals surface area contributed by atoms with Crippen LogP contribution in [0.4, 0.5) is 0 Å². The van der Waals surface area contributed by atoms with Gasteiger partial charge in [0.05, 0.1) is 24.4 Å². The van der Waals surface area contributed by atoms with E-state index in [4.69, 9.17) is 4.74 Å². The Bertz CT molecular complexity index is 1080. The van der Waals surface area contributed by atoms with Crippen molar-refractivity contribution in [1.82, 2.24) is 14.9 Å². The minimum Gasteiger partial charge on any atom is -0.367 e. The van der Waals surface area contributed by atoms with Gasteiger partial charge in [0.1, 0.15) is 12.4 Å². The highest BCUT2D eigenvalue weighted by Crippen LogP contribution is 2.15. The number of benzene rings is 2. The third-order valence-electron chi connectivity index (χ3n) is 5.30. The van der Waals surface area contributed by atoms with Crippen molar-refractivity contribution < 1.29 is 9.53 Å². The number of H-pyrrole nitrogens is 1. The fourth-order valence-corrected chi connectivity index (χ4v) is 3.59. The lowest BCUT2D eigenvalue weighted by atomic mass is 10.1. The summed E-state index contributed by atoms with van der Waals surface area (Å²) in [5, 5.41) is 0. The number of nitrogens with zero attached hydrogens (tertiary/aromatic N) is 2. The van der Waals surface area contributed by atoms with Crippen LogP contribution in [0, 0.1) is 6.92 Å². The van der Waals surface area contributed by atoms with Gasteiger partial charge in [-0.05, 0) is 18.1 Å². The van der Waals surface area contributed by atoms with Crippen LogP contribution in [0.25, 0.3) is 0 Å². The number of ether oxygens (including phenoxy) is 1. The van der Waals surface area contributed by atoms with Crippen LogP contribution in [-0.2, 0) is 35.5 Å². The summed E-state index contributed by atoms with van der Waals surface area (Å²) >= 11 is 0. The first-order valence-corrected chi connectivity index (χ1v) is 10.1. The first-order chi connectivity index (χ1) is 14.6. The number of amides is 1. The van der Waals surface area contributed by atoms with Crippen molar-refractivity contribution >= 4 is 5.91 Å². The molecule has 154 valence electrons. The molecule has 0 atom stereocenters. The molecule has 0 bridgehead atoms. The zero-order valence-electron chi connectivity index (χ0n) is 17.1. The molecule has 1 N–H and O–H groups in total. The van der Waals surface area contributed by atoms with Crippen molar-refractivity contribution in [3.05, 3.63) is 98.7 Å². The number of carbonyl (C=O) groups excluding carboxylic acids is 1. The molecule has 0 aliphatic carbocycles. The van der Waals surface area contributed by atoms with Gasteiger partial charge in [0.2, 0.25) is 5.91 Å². The Morgan fingerprint density at radius 2 is 1.87 bits per heavy atom. The highest BCUT2D eigenvalue weighted by molar-refractivity contribution is 5.77. The summed E-state index contributed by atoms with van der Waals surface area (Å²) in [6.45, 7) is 3.25. The largest absolute Gasteiger partial charge is 0.367 e. The van der Waals surface area contributed by atoms with E-state index >= 15 is 0 Å². The molecule has 3 aromatic rings. The van der Waals surface area contributed by atoms with E-state index in [9.17, 15) is 9.59 Å². The number of carbonyl (C=O) groups is 1. The third kappa shape index (κ3) is 4.83. The van der Waals surface area contributed by atoms with Crippen molar-refractivity contribution in [2.24, 2.45) is 0 Å². The first kappa shape index (κ1) is 20.0. The average Bonchev–Trinajstić information content (AvgIpc) is 2.76. The molecule has 1 aliphatic rings. The Balaban J connectivity index is 1.38. The molecule has 30 heavy (non-hydrogen) atoms. The van der Waals surface area contributed by atoms with E-state index in [1.54, 1.807) is 4.90 Å². The van der Waals surface area contributed by atoms with Gasteiger partial charge in [0, 0.05) is 19.4 Å². The second kappa shape index (κ2) is 9.05. The Morgan fingerprint density at radius 1 is 1.10 bits per heavy atom. The summed E-state index contributed by atoms with van der Waals surface area (Å²) in [5.41, 5.74) is 4.52. The monoisotopic (exact) mass is 403 g/mol. The number of hydrogen-bond donors (Lipinski definition) is 1. The average molecular weight is 403 g/mol. The van der Waals surface area contributed by atoms with Crippen molar-refractivity contribution in [3.63, 3.8) is 0 Å². The van der Waals surface area contributed by atoms with Gasteiger partial charge >= 0.3 is 0 Å². The lowest BCUT2D eigenvalue weighted by molar-refractivity contribution is -0.137. The van der Waals surface area contributed by atoms with E-state index < -0.39 is 0 Å². The molecule has 4 rings (SSSR count). The van der Waals surface area contributed by atoms with Crippen LogP contribution in [0.1, 0.15) is 33.8 Å². The topological polar surface area (TPSA) is 75.3 Å². The highest BCUT2D eigenvalue weighted by atomic mass is 16.5. The number of aromatic nitrogens is 2. The van der Waals surface area contributed by atoms with Crippen molar-refractivity contribution in [2.75, 3.05) is 13.2 Å². The molecule has 0 fully saturated rings. The van der Waals surface area contributed by atoms with Crippen LogP contribution in [0.3, 0.4) is 0 Å². The molecular formula is C24H25N3O3. The summed E-state index contributed by atoms with van der Waals surface area (Å²) in [4.78, 5) is 34.4. The number of aryl methyl sites for hydroxylation is 1. The standard InChI is InChI=1S/C24H25N3O3/c1-17-7-9-18(10-8-17)13-22-25-21-11-12-27(14-20(21)24(29)26-22)23(28)16-30-15-19-5-3-2-4-6-19/h2-10H,11-16H2,1H3,(H,25,26,29). The van der Waals surface area contributed by atoms with Crippen molar-refractivity contribution in [2.45, 2.75) is 32.9 Å². The minimum absolute atomic E-state index is 0.00106. The van der Waals surface area contributed by atoms with Crippen LogP contribution >= 0.6 is 0 Å². The molecule has 0 saturated heterocycles. The maximum atomic E-state index is 12.6. The van der Waals surface area contributed by atoms with Crippen LogP contribution in [0.15, 0.2) is 59.4 Å². The fourth-order valence-electron chi connectivity index (χ4n) is 3.59. The number of rotatable bonds is 6. The molecule has 6 nitrogen and oxygen atoms in total. The Hall–Kier alpha value is -3.25. The Kier molecular flexibility index (Phi) is 6.05. The molecule has 6 heteroatoms. The van der Waals surface area contributed by atoms with Crippen LogP contribution in [0.5, 0.6) is 0 Å². The summed E-state index contributed by atoms with van der Waals surface area (Å²) in [7, 11) is 0. The van der Waals surface area contributed by atoms with Gasteiger partial charge in [0.15, 0.2) is 0 Å². The molecule has 0 spiro atoms. The third-order valence-corrected chi connectivity index (χ3v) is 5.30. The second-order valence-electron chi connectivity index (χ2n) is 7.64. The molecule has 0 unspecified atom stereocenters. The zero-order valence-corrected chi connectivity index (χ0v) is 17.1. The maximum Gasteiger partial charge on any atom is 0.256 e. The first-order valence-electron chi connectivity index (χ1n) is 10.1. The van der Waals surface area contributed by atoms with Gasteiger partial charge in [-0.3, -0.25) is 9.59 Å².